The number of aromatic nitrogens is 1. The van der Waals surface area contributed by atoms with Gasteiger partial charge in [0.2, 0.25) is 0 Å². The van der Waals surface area contributed by atoms with Gasteiger partial charge in [0.25, 0.3) is 0 Å². The van der Waals surface area contributed by atoms with E-state index < -0.39 is 5.54 Å². The fraction of sp³-hybridized carbons (Fsp3) is 0.600. The Morgan fingerprint density at radius 1 is 1.50 bits per heavy atom. The third-order valence-corrected chi connectivity index (χ3v) is 3.87. The van der Waals surface area contributed by atoms with Crippen LogP contribution in [0.5, 0.6) is 0 Å². The summed E-state index contributed by atoms with van der Waals surface area (Å²) in [5.41, 5.74) is 0.122. The number of ether oxygens (including phenoxy) is 1. The lowest BCUT2D eigenvalue weighted by Gasteiger charge is -2.38. The highest BCUT2D eigenvalue weighted by Crippen LogP contribution is 2.30. The van der Waals surface area contributed by atoms with Gasteiger partial charge in [-0.15, -0.1) is 0 Å². The Morgan fingerprint density at radius 3 is 3.05 bits per heavy atom. The number of hydrogen-bond acceptors (Lipinski definition) is 5. The first-order chi connectivity index (χ1) is 9.69. The third-order valence-electron chi connectivity index (χ3n) is 3.87. The average molecular weight is 277 g/mol. The Bertz CT molecular complexity index is 430. The highest BCUT2D eigenvalue weighted by molar-refractivity contribution is 5.82. The van der Waals surface area contributed by atoms with Crippen LogP contribution in [0.2, 0.25) is 0 Å². The molecule has 1 N–H and O–H groups in total. The van der Waals surface area contributed by atoms with Gasteiger partial charge < -0.3 is 10.1 Å². The monoisotopic (exact) mass is 277 g/mol. The minimum atomic E-state index is -0.768. The summed E-state index contributed by atoms with van der Waals surface area (Å²) >= 11 is 0. The van der Waals surface area contributed by atoms with Crippen LogP contribution in [0.3, 0.4) is 0 Å². The van der Waals surface area contributed by atoms with Gasteiger partial charge in [0.05, 0.1) is 6.61 Å². The number of esters is 1. The van der Waals surface area contributed by atoms with Gasteiger partial charge in [-0.2, -0.15) is 0 Å². The van der Waals surface area contributed by atoms with Crippen molar-refractivity contribution in [2.45, 2.75) is 25.8 Å². The Morgan fingerprint density at radius 2 is 2.35 bits per heavy atom. The molecule has 1 aliphatic rings. The maximum Gasteiger partial charge on any atom is 0.330 e. The molecule has 2 rings (SSSR count). The largest absolute Gasteiger partial charge is 0.464 e. The predicted octanol–water partition coefficient (Wildman–Crippen LogP) is 1.16. The predicted molar refractivity (Wildman–Crippen MR) is 77.3 cm³/mol. The lowest BCUT2D eigenvalue weighted by atomic mass is 9.91. The number of carbonyl (C=O) groups is 1. The highest BCUT2D eigenvalue weighted by atomic mass is 16.5. The Hall–Kier alpha value is -1.46. The summed E-state index contributed by atoms with van der Waals surface area (Å²) in [7, 11) is 0. The molecule has 1 aliphatic heterocycles. The molecule has 0 saturated carbocycles. The maximum absolute atomic E-state index is 12.6. The van der Waals surface area contributed by atoms with E-state index in [-0.39, 0.29) is 5.97 Å². The molecule has 0 radical (unpaired) electrons. The van der Waals surface area contributed by atoms with Crippen molar-refractivity contribution in [2.75, 3.05) is 32.8 Å². The van der Waals surface area contributed by atoms with Gasteiger partial charge in [-0.25, -0.2) is 4.79 Å². The molecule has 5 nitrogen and oxygen atoms in total. The second-order valence-corrected chi connectivity index (χ2v) is 5.12. The van der Waals surface area contributed by atoms with Crippen LogP contribution in [0.1, 0.15) is 25.8 Å². The maximum atomic E-state index is 12.6. The van der Waals surface area contributed by atoms with E-state index in [0.717, 1.165) is 38.2 Å². The van der Waals surface area contributed by atoms with E-state index in [2.05, 4.69) is 15.2 Å². The zero-order chi connectivity index (χ0) is 14.4. The first-order valence-corrected chi connectivity index (χ1v) is 7.23. The summed E-state index contributed by atoms with van der Waals surface area (Å²) in [5, 5.41) is 3.36. The molecule has 1 unspecified atom stereocenters. The number of nitrogens with zero attached hydrogens (tertiary/aromatic N) is 2. The van der Waals surface area contributed by atoms with E-state index in [9.17, 15) is 4.79 Å². The summed E-state index contributed by atoms with van der Waals surface area (Å²) in [6.07, 6.45) is 4.50. The van der Waals surface area contributed by atoms with Gasteiger partial charge in [0, 0.05) is 37.6 Å². The smallest absolute Gasteiger partial charge is 0.330 e. The van der Waals surface area contributed by atoms with Crippen molar-refractivity contribution in [2.24, 2.45) is 0 Å². The summed E-state index contributed by atoms with van der Waals surface area (Å²) in [6, 6.07) is 3.81. The average Bonchev–Trinajstić information content (AvgIpc) is 2.77. The van der Waals surface area contributed by atoms with E-state index in [1.807, 2.05) is 26.0 Å². The quantitative estimate of drug-likeness (QED) is 0.837. The van der Waals surface area contributed by atoms with Crippen LogP contribution < -0.4 is 5.32 Å². The van der Waals surface area contributed by atoms with Gasteiger partial charge in [0.1, 0.15) is 5.54 Å². The molecule has 1 aromatic rings. The molecule has 0 aromatic carbocycles. The SMILES string of the molecule is CCOC(=O)C(C)(c1cccnc1)N1CCCNCC1. The van der Waals surface area contributed by atoms with Crippen LogP contribution >= 0.6 is 0 Å². The van der Waals surface area contributed by atoms with Crippen LogP contribution in [0.4, 0.5) is 0 Å². The normalized spacial score (nSPS) is 19.9. The topological polar surface area (TPSA) is 54.5 Å². The summed E-state index contributed by atoms with van der Waals surface area (Å²) in [5.74, 6) is -0.199. The van der Waals surface area contributed by atoms with Crippen LogP contribution in [-0.4, -0.2) is 48.6 Å². The lowest BCUT2D eigenvalue weighted by molar-refractivity contribution is -0.157. The number of nitrogens with one attached hydrogen (secondary N) is 1. The molecule has 0 aliphatic carbocycles. The van der Waals surface area contributed by atoms with Gasteiger partial charge >= 0.3 is 5.97 Å². The minimum Gasteiger partial charge on any atom is -0.464 e. The molecule has 0 bridgehead atoms. The summed E-state index contributed by atoms with van der Waals surface area (Å²) < 4.78 is 5.33. The molecule has 1 saturated heterocycles. The van der Waals surface area contributed by atoms with Crippen LogP contribution in [0.25, 0.3) is 0 Å². The van der Waals surface area contributed by atoms with E-state index in [1.54, 1.807) is 12.4 Å². The van der Waals surface area contributed by atoms with Crippen molar-refractivity contribution < 1.29 is 9.53 Å². The Balaban J connectivity index is 2.34. The zero-order valence-corrected chi connectivity index (χ0v) is 12.3. The molecule has 0 spiro atoms. The number of pyridine rings is 1. The van der Waals surface area contributed by atoms with Crippen LogP contribution in [0, 0.1) is 0 Å². The Kier molecular flexibility index (Phi) is 5.09. The van der Waals surface area contributed by atoms with Crippen molar-refractivity contribution in [3.63, 3.8) is 0 Å². The fourth-order valence-electron chi connectivity index (χ4n) is 2.64. The molecule has 0 amide bonds. The van der Waals surface area contributed by atoms with Crippen molar-refractivity contribution in [3.8, 4) is 0 Å². The standard InChI is InChI=1S/C15H23N3O2/c1-3-20-14(19)15(2,13-6-4-7-17-12-13)18-10-5-8-16-9-11-18/h4,6-7,12,16H,3,5,8-11H2,1-2H3. The number of hydrogen-bond donors (Lipinski definition) is 1. The minimum absolute atomic E-state index is 0.199. The molecule has 1 fully saturated rings. The molecule has 5 heteroatoms. The molecular weight excluding hydrogens is 254 g/mol. The summed E-state index contributed by atoms with van der Waals surface area (Å²) in [4.78, 5) is 18.9. The third kappa shape index (κ3) is 2.99. The summed E-state index contributed by atoms with van der Waals surface area (Å²) in [6.45, 7) is 7.73. The fourth-order valence-corrected chi connectivity index (χ4v) is 2.64. The second kappa shape index (κ2) is 6.81. The van der Waals surface area contributed by atoms with E-state index >= 15 is 0 Å². The van der Waals surface area contributed by atoms with Crippen molar-refractivity contribution >= 4 is 5.97 Å². The number of carbonyl (C=O) groups excluding carboxylic acids is 1. The van der Waals surface area contributed by atoms with Gasteiger partial charge in [-0.1, -0.05) is 6.07 Å². The number of rotatable bonds is 4. The van der Waals surface area contributed by atoms with Crippen molar-refractivity contribution in [3.05, 3.63) is 30.1 Å². The first kappa shape index (κ1) is 14.9. The molecule has 1 atom stereocenters. The molecule has 20 heavy (non-hydrogen) atoms. The molecular formula is C15H23N3O2. The van der Waals surface area contributed by atoms with E-state index in [0.29, 0.717) is 6.61 Å². The van der Waals surface area contributed by atoms with E-state index in [4.69, 9.17) is 4.74 Å². The molecule has 110 valence electrons. The molecule has 1 aromatic heterocycles. The zero-order valence-electron chi connectivity index (χ0n) is 12.3. The second-order valence-electron chi connectivity index (χ2n) is 5.12. The lowest BCUT2D eigenvalue weighted by Crippen LogP contribution is -2.52. The van der Waals surface area contributed by atoms with Gasteiger partial charge in [-0.3, -0.25) is 9.88 Å². The van der Waals surface area contributed by atoms with E-state index in [1.165, 1.54) is 0 Å². The highest BCUT2D eigenvalue weighted by Gasteiger charge is 2.42. The van der Waals surface area contributed by atoms with Crippen molar-refractivity contribution in [1.29, 1.82) is 0 Å². The van der Waals surface area contributed by atoms with Crippen LogP contribution in [0.15, 0.2) is 24.5 Å². The molecule has 2 heterocycles. The Labute approximate surface area is 120 Å². The van der Waals surface area contributed by atoms with Gasteiger partial charge in [-0.05, 0) is 32.9 Å². The van der Waals surface area contributed by atoms with Crippen LogP contribution in [-0.2, 0) is 15.1 Å². The van der Waals surface area contributed by atoms with Crippen molar-refractivity contribution in [1.82, 2.24) is 15.2 Å². The first-order valence-electron chi connectivity index (χ1n) is 7.23. The van der Waals surface area contributed by atoms with Gasteiger partial charge in [0.15, 0.2) is 0 Å².